The normalized spacial score (nSPS) is 21.2. The summed E-state index contributed by atoms with van der Waals surface area (Å²) < 4.78 is 24.6. The van der Waals surface area contributed by atoms with Gasteiger partial charge in [-0.1, -0.05) is 0 Å². The van der Waals surface area contributed by atoms with E-state index in [-0.39, 0.29) is 1.43 Å². The van der Waals surface area contributed by atoms with E-state index in [9.17, 15) is 13.2 Å². The van der Waals surface area contributed by atoms with Gasteiger partial charge < -0.3 is 4.79 Å². The first kappa shape index (κ1) is 10.7. The topological polar surface area (TPSA) is 63.2 Å². The summed E-state index contributed by atoms with van der Waals surface area (Å²) in [6.45, 7) is 5.27. The molecule has 0 unspecified atom stereocenters. The Morgan fingerprint density at radius 2 is 1.85 bits per heavy atom. The van der Waals surface area contributed by atoms with Gasteiger partial charge in [-0.25, -0.2) is 13.1 Å². The van der Waals surface area contributed by atoms with Gasteiger partial charge in [0.15, 0.2) is 0 Å². The largest absolute Gasteiger partial charge is 0.302 e. The van der Waals surface area contributed by atoms with Crippen molar-refractivity contribution in [3.05, 3.63) is 0 Å². The van der Waals surface area contributed by atoms with Gasteiger partial charge in [-0.15, -0.1) is 0 Å². The number of aldehydes is 1. The molecule has 1 rings (SSSR count). The zero-order chi connectivity index (χ0) is 10.3. The third-order valence-electron chi connectivity index (χ3n) is 1.93. The fourth-order valence-corrected chi connectivity index (χ4v) is 2.85. The first-order valence-corrected chi connectivity index (χ1v) is 5.71. The molecule has 1 aliphatic rings. The van der Waals surface area contributed by atoms with Gasteiger partial charge in [0.25, 0.3) is 0 Å². The second-order valence-corrected chi connectivity index (χ2v) is 6.56. The van der Waals surface area contributed by atoms with Crippen LogP contribution in [0.15, 0.2) is 0 Å². The molecular formula is C8H17NO3S. The lowest BCUT2D eigenvalue weighted by molar-refractivity contribution is -0.108. The lowest BCUT2D eigenvalue weighted by Crippen LogP contribution is -2.47. The van der Waals surface area contributed by atoms with Gasteiger partial charge in [-0.05, 0) is 33.6 Å². The van der Waals surface area contributed by atoms with Crippen molar-refractivity contribution >= 4 is 16.3 Å². The summed E-state index contributed by atoms with van der Waals surface area (Å²) in [6.07, 6.45) is 1.44. The van der Waals surface area contributed by atoms with E-state index in [1.54, 1.807) is 20.8 Å². The third-order valence-corrected chi connectivity index (χ3v) is 4.39. The molecule has 0 radical (unpaired) electrons. The minimum Gasteiger partial charge on any atom is -0.302 e. The molecule has 0 spiro atoms. The van der Waals surface area contributed by atoms with Crippen molar-refractivity contribution in [3.63, 3.8) is 0 Å². The molecule has 0 amide bonds. The second kappa shape index (κ2) is 2.78. The van der Waals surface area contributed by atoms with Crippen LogP contribution in [0.3, 0.4) is 0 Å². The maximum absolute atomic E-state index is 11.6. The Labute approximate surface area is 80.2 Å². The zero-order valence-corrected chi connectivity index (χ0v) is 8.94. The van der Waals surface area contributed by atoms with Crippen LogP contribution in [0.1, 0.15) is 35.0 Å². The van der Waals surface area contributed by atoms with Crippen molar-refractivity contribution in [2.45, 2.75) is 43.9 Å². The van der Waals surface area contributed by atoms with E-state index in [1.165, 1.54) is 0 Å². The maximum Gasteiger partial charge on any atom is 0.224 e. The maximum atomic E-state index is 11.6. The van der Waals surface area contributed by atoms with Crippen LogP contribution >= 0.6 is 0 Å². The van der Waals surface area contributed by atoms with Gasteiger partial charge >= 0.3 is 0 Å². The van der Waals surface area contributed by atoms with Crippen LogP contribution in [0.5, 0.6) is 0 Å². The van der Waals surface area contributed by atoms with Crippen molar-refractivity contribution in [2.75, 3.05) is 0 Å². The molecule has 1 aliphatic carbocycles. The number of hydrogen-bond donors (Lipinski definition) is 1. The molecule has 0 aliphatic heterocycles. The summed E-state index contributed by atoms with van der Waals surface area (Å²) in [4.78, 5) is 10.6. The molecule has 1 N–H and O–H groups in total. The third kappa shape index (κ3) is 2.08. The van der Waals surface area contributed by atoms with Crippen LogP contribution in [0.25, 0.3) is 0 Å². The molecule has 0 atom stereocenters. The van der Waals surface area contributed by atoms with Crippen molar-refractivity contribution < 1.29 is 14.6 Å². The van der Waals surface area contributed by atoms with Crippen molar-refractivity contribution in [2.24, 2.45) is 0 Å². The Balaban J connectivity index is 0.00000169. The predicted molar refractivity (Wildman–Crippen MR) is 52.0 cm³/mol. The summed E-state index contributed by atoms with van der Waals surface area (Å²) in [5.41, 5.74) is -0.516. The first-order chi connectivity index (χ1) is 5.72. The Hall–Kier alpha value is -0.420. The minimum atomic E-state index is -3.47. The standard InChI is InChI=1S/C8H15NO3S.H2/c1-7(2,3)9-13(11,12)8(6-10)4-5-8;/h6,9H,4-5H2,1-3H3;1H. The van der Waals surface area contributed by atoms with E-state index in [0.717, 1.165) is 0 Å². The van der Waals surface area contributed by atoms with Crippen LogP contribution in [-0.4, -0.2) is 25.0 Å². The lowest BCUT2D eigenvalue weighted by atomic mass is 10.1. The Morgan fingerprint density at radius 3 is 2.08 bits per heavy atom. The van der Waals surface area contributed by atoms with Gasteiger partial charge in [0.1, 0.15) is 11.0 Å². The molecule has 13 heavy (non-hydrogen) atoms. The molecule has 5 heteroatoms. The number of sulfonamides is 1. The van der Waals surface area contributed by atoms with E-state index in [2.05, 4.69) is 4.72 Å². The number of nitrogens with one attached hydrogen (secondary N) is 1. The highest BCUT2D eigenvalue weighted by molar-refractivity contribution is 7.92. The Kier molecular flexibility index (Phi) is 2.28. The van der Waals surface area contributed by atoms with E-state index >= 15 is 0 Å². The highest BCUT2D eigenvalue weighted by atomic mass is 32.2. The number of hydrogen-bond acceptors (Lipinski definition) is 3. The van der Waals surface area contributed by atoms with Crippen LogP contribution < -0.4 is 4.72 Å². The summed E-state index contributed by atoms with van der Waals surface area (Å²) in [7, 11) is -3.47. The quantitative estimate of drug-likeness (QED) is 0.692. The molecular weight excluding hydrogens is 190 g/mol. The van der Waals surface area contributed by atoms with E-state index in [4.69, 9.17) is 0 Å². The van der Waals surface area contributed by atoms with Crippen molar-refractivity contribution in [3.8, 4) is 0 Å². The van der Waals surface area contributed by atoms with Gasteiger partial charge in [0.2, 0.25) is 10.0 Å². The monoisotopic (exact) mass is 207 g/mol. The van der Waals surface area contributed by atoms with Gasteiger partial charge in [-0.3, -0.25) is 0 Å². The van der Waals surface area contributed by atoms with E-state index in [0.29, 0.717) is 19.1 Å². The molecule has 1 fully saturated rings. The highest BCUT2D eigenvalue weighted by Crippen LogP contribution is 2.41. The van der Waals surface area contributed by atoms with Crippen LogP contribution in [0.2, 0.25) is 0 Å². The molecule has 0 aromatic rings. The molecule has 0 aromatic carbocycles. The van der Waals surface area contributed by atoms with Crippen molar-refractivity contribution in [1.82, 2.24) is 4.72 Å². The minimum absolute atomic E-state index is 0. The van der Waals surface area contributed by atoms with Crippen molar-refractivity contribution in [1.29, 1.82) is 0 Å². The fraction of sp³-hybridized carbons (Fsp3) is 0.875. The summed E-state index contributed by atoms with van der Waals surface area (Å²) >= 11 is 0. The second-order valence-electron chi connectivity index (χ2n) is 4.54. The average Bonchev–Trinajstić information content (AvgIpc) is 2.59. The first-order valence-electron chi connectivity index (χ1n) is 4.22. The van der Waals surface area contributed by atoms with Crippen LogP contribution in [0.4, 0.5) is 0 Å². The van der Waals surface area contributed by atoms with Gasteiger partial charge in [-0.2, -0.15) is 0 Å². The lowest BCUT2D eigenvalue weighted by Gasteiger charge is -2.22. The van der Waals surface area contributed by atoms with E-state index in [1.807, 2.05) is 0 Å². The van der Waals surface area contributed by atoms with Gasteiger partial charge in [0.05, 0.1) is 0 Å². The molecule has 0 heterocycles. The fourth-order valence-electron chi connectivity index (χ4n) is 1.08. The van der Waals surface area contributed by atoms with Crippen LogP contribution in [-0.2, 0) is 14.8 Å². The molecule has 0 saturated heterocycles. The smallest absolute Gasteiger partial charge is 0.224 e. The predicted octanol–water partition coefficient (Wildman–Crippen LogP) is 0.682. The molecule has 1 saturated carbocycles. The average molecular weight is 207 g/mol. The molecule has 0 aromatic heterocycles. The Morgan fingerprint density at radius 1 is 1.38 bits per heavy atom. The number of carbonyl (C=O) groups excluding carboxylic acids is 1. The summed E-state index contributed by atoms with van der Waals surface area (Å²) in [5, 5.41) is 0. The molecule has 4 nitrogen and oxygen atoms in total. The molecule has 0 bridgehead atoms. The summed E-state index contributed by atoms with van der Waals surface area (Å²) in [5.74, 6) is 0. The van der Waals surface area contributed by atoms with Gasteiger partial charge in [0, 0.05) is 6.97 Å². The molecule has 78 valence electrons. The summed E-state index contributed by atoms with van der Waals surface area (Å²) in [6, 6.07) is 0. The highest BCUT2D eigenvalue weighted by Gasteiger charge is 2.55. The van der Waals surface area contributed by atoms with Crippen LogP contribution in [0, 0.1) is 0 Å². The number of rotatable bonds is 3. The SMILES string of the molecule is CC(C)(C)NS(=O)(=O)C1(C=O)CC1.[HH]. The Bertz CT molecular complexity index is 314. The number of carbonyl (C=O) groups is 1. The zero-order valence-electron chi connectivity index (χ0n) is 8.12. The van der Waals surface area contributed by atoms with E-state index < -0.39 is 20.3 Å².